The molecule has 0 unspecified atom stereocenters. The van der Waals surface area contributed by atoms with Crippen molar-refractivity contribution in [1.29, 1.82) is 0 Å². The second-order valence-corrected chi connectivity index (χ2v) is 8.06. The fourth-order valence-corrected chi connectivity index (χ4v) is 3.99. The van der Waals surface area contributed by atoms with Crippen LogP contribution in [0.1, 0.15) is 6.92 Å². The van der Waals surface area contributed by atoms with Crippen molar-refractivity contribution in [2.45, 2.75) is 6.92 Å². The summed E-state index contributed by atoms with van der Waals surface area (Å²) >= 11 is 1.58. The highest BCUT2D eigenvalue weighted by molar-refractivity contribution is 7.80. The molecule has 148 valence electrons. The number of fused-ring (bicyclic) bond motifs is 1. The topological polar surface area (TPSA) is 95.4 Å². The number of aryl methyl sites for hydroxylation is 1. The smallest absolute Gasteiger partial charge is 0.369 e. The molecule has 8 nitrogen and oxygen atoms in total. The third kappa shape index (κ3) is 5.10. The van der Waals surface area contributed by atoms with E-state index in [0.29, 0.717) is 18.8 Å². The molecule has 0 aliphatic carbocycles. The molecule has 0 spiro atoms. The minimum atomic E-state index is -4.42. The number of hydrogen-bond donors (Lipinski definition) is 1. The van der Waals surface area contributed by atoms with Crippen molar-refractivity contribution >= 4 is 48.5 Å². The van der Waals surface area contributed by atoms with Gasteiger partial charge in [-0.1, -0.05) is 12.1 Å². The summed E-state index contributed by atoms with van der Waals surface area (Å²) in [4.78, 5) is 1.93. The Kier molecular flexibility index (Phi) is 6.35. The molecule has 3 aromatic rings. The summed E-state index contributed by atoms with van der Waals surface area (Å²) in [5, 5.41) is 9.48. The van der Waals surface area contributed by atoms with Crippen LogP contribution in [-0.4, -0.2) is 32.7 Å². The van der Waals surface area contributed by atoms with Crippen LogP contribution in [0.4, 0.5) is 16.5 Å². The number of para-hydroxylation sites is 1. The van der Waals surface area contributed by atoms with Crippen LogP contribution in [-0.2, 0) is 21.6 Å². The monoisotopic (exact) mass is 421 g/mol. The maximum atomic E-state index is 10.6. The van der Waals surface area contributed by atoms with Crippen LogP contribution < -0.4 is 9.47 Å². The van der Waals surface area contributed by atoms with Gasteiger partial charge in [0.1, 0.15) is 11.2 Å². The highest BCUT2D eigenvalue weighted by atomic mass is 32.3. The van der Waals surface area contributed by atoms with E-state index in [-0.39, 0.29) is 6.61 Å². The molecule has 1 aromatic heterocycles. The Hall–Kier alpha value is -2.40. The molecule has 2 aromatic carbocycles. The molecule has 0 aliphatic heterocycles. The molecule has 0 aliphatic rings. The number of likely N-dealkylation sites (N-methyl/N-ethyl adjacent to an activating group) is 1. The molecule has 1 heterocycles. The molecule has 0 saturated heterocycles. The Balaban J connectivity index is 1.69. The number of hydrogen-bond acceptors (Lipinski definition) is 7. The number of azo groups is 1. The number of aromatic nitrogens is 1. The van der Waals surface area contributed by atoms with E-state index >= 15 is 0 Å². The van der Waals surface area contributed by atoms with Crippen LogP contribution in [0.15, 0.2) is 58.8 Å². The van der Waals surface area contributed by atoms with E-state index in [9.17, 15) is 8.42 Å². The minimum Gasteiger partial charge on any atom is -0.369 e. The summed E-state index contributed by atoms with van der Waals surface area (Å²) in [6.45, 7) is 2.81. The van der Waals surface area contributed by atoms with Crippen LogP contribution >= 0.6 is 11.3 Å². The zero-order valence-corrected chi connectivity index (χ0v) is 17.2. The third-order valence-corrected chi connectivity index (χ3v) is 5.72. The maximum absolute atomic E-state index is 10.6. The number of thiazole rings is 1. The zero-order chi connectivity index (χ0) is 20.1. The Morgan fingerprint density at radius 3 is 2.50 bits per heavy atom. The van der Waals surface area contributed by atoms with Crippen LogP contribution in [0.5, 0.6) is 0 Å². The SMILES string of the molecule is CCN(CCOS(=O)(=O)O)c1ccc(N=Nc2sc3ccccc3[n+]2C)cc1. The lowest BCUT2D eigenvalue weighted by atomic mass is 10.2. The molecule has 0 saturated carbocycles. The number of benzene rings is 2. The number of rotatable bonds is 8. The largest absolute Gasteiger partial charge is 0.409 e. The van der Waals surface area contributed by atoms with Crippen molar-refractivity contribution in [3.63, 3.8) is 0 Å². The van der Waals surface area contributed by atoms with E-state index in [1.165, 1.54) is 0 Å². The van der Waals surface area contributed by atoms with Gasteiger partial charge >= 0.3 is 15.5 Å². The molecule has 28 heavy (non-hydrogen) atoms. The van der Waals surface area contributed by atoms with E-state index < -0.39 is 10.4 Å². The molecule has 0 fully saturated rings. The molecular weight excluding hydrogens is 400 g/mol. The lowest BCUT2D eigenvalue weighted by Gasteiger charge is -2.22. The van der Waals surface area contributed by atoms with E-state index in [1.54, 1.807) is 11.3 Å². The normalized spacial score (nSPS) is 12.1. The van der Waals surface area contributed by atoms with Crippen LogP contribution in [0.3, 0.4) is 0 Å². The van der Waals surface area contributed by atoms with Gasteiger partial charge in [0, 0.05) is 18.8 Å². The maximum Gasteiger partial charge on any atom is 0.409 e. The van der Waals surface area contributed by atoms with Crippen molar-refractivity contribution in [2.75, 3.05) is 24.6 Å². The van der Waals surface area contributed by atoms with Crippen molar-refractivity contribution < 1.29 is 21.7 Å². The first-order valence-electron chi connectivity index (χ1n) is 8.63. The molecule has 0 atom stereocenters. The van der Waals surface area contributed by atoms with Gasteiger partial charge in [0.2, 0.25) is 0 Å². The van der Waals surface area contributed by atoms with Crippen molar-refractivity contribution in [3.05, 3.63) is 48.5 Å². The molecular formula is C18H21N4O4S2+. The van der Waals surface area contributed by atoms with E-state index in [1.807, 2.05) is 65.9 Å². The van der Waals surface area contributed by atoms with E-state index in [2.05, 4.69) is 20.5 Å². The first-order chi connectivity index (χ1) is 13.4. The molecule has 1 N–H and O–H groups in total. The van der Waals surface area contributed by atoms with Gasteiger partial charge in [-0.25, -0.2) is 8.75 Å². The Morgan fingerprint density at radius 1 is 1.14 bits per heavy atom. The fourth-order valence-electron chi connectivity index (χ4n) is 2.73. The molecule has 0 radical (unpaired) electrons. The number of anilines is 1. The Labute approximate surface area is 167 Å². The van der Waals surface area contributed by atoms with Gasteiger partial charge in [-0.3, -0.25) is 4.55 Å². The fraction of sp³-hybridized carbons (Fsp3) is 0.278. The van der Waals surface area contributed by atoms with E-state index in [0.717, 1.165) is 21.0 Å². The summed E-state index contributed by atoms with van der Waals surface area (Å²) in [7, 11) is -2.46. The molecule has 10 heteroatoms. The predicted octanol–water partition coefficient (Wildman–Crippen LogP) is 3.79. The van der Waals surface area contributed by atoms with Gasteiger partial charge in [-0.2, -0.15) is 8.42 Å². The summed E-state index contributed by atoms with van der Waals surface area (Å²) < 4.78 is 37.5. The highest BCUT2D eigenvalue weighted by Gasteiger charge is 2.15. The van der Waals surface area contributed by atoms with Gasteiger partial charge < -0.3 is 4.90 Å². The Bertz CT molecular complexity index is 1080. The lowest BCUT2D eigenvalue weighted by Crippen LogP contribution is -2.27. The average Bonchev–Trinajstić information content (AvgIpc) is 2.99. The summed E-state index contributed by atoms with van der Waals surface area (Å²) in [5.41, 5.74) is 2.72. The van der Waals surface area contributed by atoms with Crippen LogP contribution in [0.2, 0.25) is 0 Å². The second-order valence-electron chi connectivity index (χ2n) is 5.96. The summed E-state index contributed by atoms with van der Waals surface area (Å²) in [6, 6.07) is 15.6. The highest BCUT2D eigenvalue weighted by Crippen LogP contribution is 2.27. The second kappa shape index (κ2) is 8.74. The van der Waals surface area contributed by atoms with Gasteiger partial charge in [-0.15, -0.1) is 0 Å². The van der Waals surface area contributed by atoms with Gasteiger partial charge in [0.05, 0.1) is 23.5 Å². The Morgan fingerprint density at radius 2 is 1.86 bits per heavy atom. The molecule has 0 amide bonds. The van der Waals surface area contributed by atoms with Gasteiger partial charge in [0.25, 0.3) is 0 Å². The molecule has 0 bridgehead atoms. The minimum absolute atomic E-state index is 0.128. The van der Waals surface area contributed by atoms with Crippen molar-refractivity contribution in [2.24, 2.45) is 17.3 Å². The number of nitrogens with zero attached hydrogens (tertiary/aromatic N) is 4. The summed E-state index contributed by atoms with van der Waals surface area (Å²) in [5.74, 6) is 0. The quantitative estimate of drug-likeness (QED) is 0.339. The van der Waals surface area contributed by atoms with Gasteiger partial charge in [-0.05, 0) is 59.8 Å². The van der Waals surface area contributed by atoms with Gasteiger partial charge in [0.15, 0.2) is 0 Å². The first-order valence-corrected chi connectivity index (χ1v) is 10.8. The van der Waals surface area contributed by atoms with E-state index in [4.69, 9.17) is 4.55 Å². The van der Waals surface area contributed by atoms with Crippen LogP contribution in [0, 0.1) is 0 Å². The zero-order valence-electron chi connectivity index (χ0n) is 15.5. The van der Waals surface area contributed by atoms with Crippen LogP contribution in [0.25, 0.3) is 10.2 Å². The first kappa shape index (κ1) is 20.3. The summed E-state index contributed by atoms with van der Waals surface area (Å²) in [6.07, 6.45) is 0. The standard InChI is InChI=1S/C18H20N4O4S2/c1-3-22(12-13-26-28(23,24)25)15-10-8-14(9-11-15)19-20-18-21(2)16-6-4-5-7-17(16)27-18/h4-11H,3,12-13H2,1-2H3/p+1. The van der Waals surface area contributed by atoms with Crippen molar-refractivity contribution in [3.8, 4) is 0 Å². The molecule has 3 rings (SSSR count). The third-order valence-electron chi connectivity index (χ3n) is 4.16. The van der Waals surface area contributed by atoms with Crippen molar-refractivity contribution in [1.82, 2.24) is 0 Å². The predicted molar refractivity (Wildman–Crippen MR) is 109 cm³/mol. The lowest BCUT2D eigenvalue weighted by molar-refractivity contribution is -0.627. The average molecular weight is 422 g/mol.